The summed E-state index contributed by atoms with van der Waals surface area (Å²) in [5, 5.41) is 10.7. The molecule has 0 aliphatic heterocycles. The number of esters is 4. The first kappa shape index (κ1) is 104. The van der Waals surface area contributed by atoms with Crippen molar-refractivity contribution in [1.82, 2.24) is 0 Å². The first-order chi connectivity index (χ1) is 51.4. The minimum atomic E-state index is -4.97. The molecule has 0 amide bonds. The van der Waals surface area contributed by atoms with Crippen molar-refractivity contribution in [3.8, 4) is 0 Å². The van der Waals surface area contributed by atoms with E-state index in [2.05, 4.69) is 41.5 Å². The second-order valence-electron chi connectivity index (χ2n) is 32.2. The van der Waals surface area contributed by atoms with Gasteiger partial charge in [-0.1, -0.05) is 414 Å². The van der Waals surface area contributed by atoms with Crippen LogP contribution in [-0.2, 0) is 65.4 Å². The highest BCUT2D eigenvalue weighted by Crippen LogP contribution is 2.45. The topological polar surface area (TPSA) is 237 Å². The molecule has 0 spiro atoms. The van der Waals surface area contributed by atoms with Gasteiger partial charge in [0, 0.05) is 25.7 Å². The Hall–Kier alpha value is -1.94. The molecule has 0 aromatic heterocycles. The van der Waals surface area contributed by atoms with Gasteiger partial charge in [0.25, 0.3) is 0 Å². The summed E-state index contributed by atoms with van der Waals surface area (Å²) in [5.41, 5.74) is 0. The van der Waals surface area contributed by atoms with Gasteiger partial charge < -0.3 is 33.8 Å². The van der Waals surface area contributed by atoms with Crippen LogP contribution in [0.25, 0.3) is 0 Å². The van der Waals surface area contributed by atoms with Crippen LogP contribution in [0.1, 0.15) is 465 Å². The van der Waals surface area contributed by atoms with Crippen molar-refractivity contribution in [2.75, 3.05) is 39.6 Å². The van der Waals surface area contributed by atoms with E-state index in [1.165, 1.54) is 283 Å². The van der Waals surface area contributed by atoms with E-state index in [4.69, 9.17) is 37.0 Å². The minimum Gasteiger partial charge on any atom is -0.462 e. The van der Waals surface area contributed by atoms with Crippen molar-refractivity contribution < 1.29 is 80.2 Å². The van der Waals surface area contributed by atoms with E-state index in [0.29, 0.717) is 25.7 Å². The fourth-order valence-corrected chi connectivity index (χ4v) is 15.2. The lowest BCUT2D eigenvalue weighted by atomic mass is 10.0. The first-order valence-electron chi connectivity index (χ1n) is 45.0. The molecular weight excluding hydrogens is 1380 g/mol. The summed E-state index contributed by atoms with van der Waals surface area (Å²) in [6.07, 6.45) is 70.9. The second kappa shape index (κ2) is 78.3. The fourth-order valence-electron chi connectivity index (χ4n) is 13.6. The summed E-state index contributed by atoms with van der Waals surface area (Å²) in [5.74, 6) is -0.565. The SMILES string of the molecule is CCCCCCCCCCCCCCCCCCCCCC(=O)OC[C@H](COP(=O)(O)OC[C@@H](O)COP(=O)(O)OC[C@@H](COC(=O)CCCCCCCCCCC(C)C)OC(=O)CCCCCCCCCCCCCCCCCCC)OC(=O)CCCCCCCCCCCCCCCCCCC(C)C. The lowest BCUT2D eigenvalue weighted by molar-refractivity contribution is -0.161. The van der Waals surface area contributed by atoms with Gasteiger partial charge in [-0.3, -0.25) is 37.3 Å². The number of unbranched alkanes of at least 4 members (excludes halogenated alkanes) is 56. The summed E-state index contributed by atoms with van der Waals surface area (Å²) in [6.45, 7) is 9.68. The van der Waals surface area contributed by atoms with Crippen molar-refractivity contribution in [2.24, 2.45) is 11.8 Å². The Morgan fingerprint density at radius 1 is 0.255 bits per heavy atom. The molecule has 0 bridgehead atoms. The number of hydrogen-bond acceptors (Lipinski definition) is 15. The number of carbonyl (C=O) groups is 4. The van der Waals surface area contributed by atoms with Gasteiger partial charge in [0.2, 0.25) is 0 Å². The van der Waals surface area contributed by atoms with Crippen LogP contribution in [0.3, 0.4) is 0 Å². The first-order valence-corrected chi connectivity index (χ1v) is 48.0. The predicted molar refractivity (Wildman–Crippen MR) is 437 cm³/mol. The van der Waals surface area contributed by atoms with Gasteiger partial charge in [-0.15, -0.1) is 0 Å². The molecule has 5 atom stereocenters. The minimum absolute atomic E-state index is 0.108. The highest BCUT2D eigenvalue weighted by molar-refractivity contribution is 7.47. The maximum absolute atomic E-state index is 13.2. The highest BCUT2D eigenvalue weighted by Gasteiger charge is 2.30. The Balaban J connectivity index is 5.24. The molecule has 0 fully saturated rings. The summed E-state index contributed by atoms with van der Waals surface area (Å²) >= 11 is 0. The van der Waals surface area contributed by atoms with Gasteiger partial charge >= 0.3 is 39.5 Å². The van der Waals surface area contributed by atoms with Crippen molar-refractivity contribution in [2.45, 2.75) is 484 Å². The highest BCUT2D eigenvalue weighted by atomic mass is 31.2. The molecule has 106 heavy (non-hydrogen) atoms. The number of rotatable bonds is 86. The average Bonchev–Trinajstić information content (AvgIpc) is 0.906. The average molecular weight is 1550 g/mol. The number of carbonyl (C=O) groups excluding carboxylic acids is 4. The summed E-state index contributed by atoms with van der Waals surface area (Å²) in [7, 11) is -9.93. The van der Waals surface area contributed by atoms with E-state index in [9.17, 15) is 43.2 Å². The van der Waals surface area contributed by atoms with Crippen LogP contribution >= 0.6 is 15.6 Å². The Kier molecular flexibility index (Phi) is 76.9. The molecule has 0 rings (SSSR count). The van der Waals surface area contributed by atoms with E-state index in [1.54, 1.807) is 0 Å². The van der Waals surface area contributed by atoms with E-state index < -0.39 is 97.5 Å². The van der Waals surface area contributed by atoms with Crippen LogP contribution in [0, 0.1) is 11.8 Å². The van der Waals surface area contributed by atoms with Gasteiger partial charge in [0.05, 0.1) is 26.4 Å². The number of phosphoric ester groups is 2. The van der Waals surface area contributed by atoms with Crippen LogP contribution in [0.2, 0.25) is 0 Å². The summed E-state index contributed by atoms with van der Waals surface area (Å²) < 4.78 is 68.9. The van der Waals surface area contributed by atoms with Crippen LogP contribution in [0.4, 0.5) is 0 Å². The van der Waals surface area contributed by atoms with Crippen molar-refractivity contribution >= 4 is 39.5 Å². The Labute approximate surface area is 651 Å². The lowest BCUT2D eigenvalue weighted by Gasteiger charge is -2.21. The second-order valence-corrected chi connectivity index (χ2v) is 35.1. The molecule has 0 radical (unpaired) electrons. The van der Waals surface area contributed by atoms with Gasteiger partial charge in [0.15, 0.2) is 12.2 Å². The van der Waals surface area contributed by atoms with E-state index in [-0.39, 0.29) is 25.7 Å². The number of phosphoric acid groups is 2. The molecule has 0 aliphatic carbocycles. The zero-order valence-corrected chi connectivity index (χ0v) is 71.5. The van der Waals surface area contributed by atoms with Crippen LogP contribution < -0.4 is 0 Å². The van der Waals surface area contributed by atoms with Crippen LogP contribution in [0.5, 0.6) is 0 Å². The van der Waals surface area contributed by atoms with Crippen LogP contribution in [-0.4, -0.2) is 96.7 Å². The summed E-state index contributed by atoms with van der Waals surface area (Å²) in [6, 6.07) is 0. The van der Waals surface area contributed by atoms with Crippen molar-refractivity contribution in [3.63, 3.8) is 0 Å². The van der Waals surface area contributed by atoms with E-state index in [0.717, 1.165) is 102 Å². The van der Waals surface area contributed by atoms with E-state index in [1.807, 2.05) is 0 Å². The maximum Gasteiger partial charge on any atom is 0.472 e. The molecule has 0 aliphatic rings. The summed E-state index contributed by atoms with van der Waals surface area (Å²) in [4.78, 5) is 73.3. The lowest BCUT2D eigenvalue weighted by Crippen LogP contribution is -2.30. The molecule has 19 heteroatoms. The third kappa shape index (κ3) is 80.1. The Morgan fingerprint density at radius 3 is 0.642 bits per heavy atom. The largest absolute Gasteiger partial charge is 0.472 e. The smallest absolute Gasteiger partial charge is 0.462 e. The van der Waals surface area contributed by atoms with Crippen LogP contribution in [0.15, 0.2) is 0 Å². The molecule has 0 aromatic rings. The molecule has 17 nitrogen and oxygen atoms in total. The molecule has 0 aromatic carbocycles. The molecule has 0 heterocycles. The fraction of sp³-hybridized carbons (Fsp3) is 0.954. The number of hydrogen-bond donors (Lipinski definition) is 3. The quantitative estimate of drug-likeness (QED) is 0.0222. The maximum atomic E-state index is 13.2. The molecule has 630 valence electrons. The monoisotopic (exact) mass is 1550 g/mol. The molecular formula is C87H170O17P2. The zero-order chi connectivity index (χ0) is 77.8. The third-order valence-electron chi connectivity index (χ3n) is 20.5. The molecule has 0 saturated carbocycles. The Morgan fingerprint density at radius 2 is 0.434 bits per heavy atom. The van der Waals surface area contributed by atoms with Gasteiger partial charge in [0.1, 0.15) is 19.3 Å². The standard InChI is InChI=1S/C87H170O17P2/c1-7-9-11-13-15-17-19-21-23-25-26-28-32-36-40-44-51-57-63-69-84(89)97-75-82(103-86(91)71-66-60-54-46-42-38-34-30-29-31-35-39-43-49-55-61-67-79(3)4)77-101-105(93,94)99-73-81(88)74-100-106(95,96)102-78-83(76-98-85(90)70-64-58-52-48-47-50-56-62-68-80(5)6)104-87(92)72-65-59-53-45-41-37-33-27-24-22-20-18-16-14-12-10-8-2/h79-83,88H,7-78H2,1-6H3,(H,93,94)(H,95,96)/t81-,82-,83-/m1/s1. The van der Waals surface area contributed by atoms with Gasteiger partial charge in [-0.05, 0) is 37.5 Å². The number of aliphatic hydroxyl groups is 1. The molecule has 0 saturated heterocycles. The van der Waals surface area contributed by atoms with Crippen molar-refractivity contribution in [1.29, 1.82) is 0 Å². The van der Waals surface area contributed by atoms with Gasteiger partial charge in [-0.25, -0.2) is 9.13 Å². The molecule has 2 unspecified atom stereocenters. The normalized spacial score (nSPS) is 13.8. The number of aliphatic hydroxyl groups excluding tert-OH is 1. The predicted octanol–water partition coefficient (Wildman–Crippen LogP) is 26.6. The number of ether oxygens (including phenoxy) is 4. The third-order valence-corrected chi connectivity index (χ3v) is 22.4. The van der Waals surface area contributed by atoms with Gasteiger partial charge in [-0.2, -0.15) is 0 Å². The van der Waals surface area contributed by atoms with Crippen molar-refractivity contribution in [3.05, 3.63) is 0 Å². The molecule has 3 N–H and O–H groups in total. The Bertz CT molecular complexity index is 2030. The zero-order valence-electron chi connectivity index (χ0n) is 69.7. The van der Waals surface area contributed by atoms with E-state index >= 15 is 0 Å².